The highest BCUT2D eigenvalue weighted by Crippen LogP contribution is 2.32. The van der Waals surface area contributed by atoms with Gasteiger partial charge in [0.1, 0.15) is 5.75 Å². The lowest BCUT2D eigenvalue weighted by atomic mass is 10.0. The molecule has 7 heteroatoms. The molecule has 0 atom stereocenters. The molecule has 1 fully saturated rings. The molecule has 0 unspecified atom stereocenters. The average molecular weight is 440 g/mol. The number of benzene rings is 2. The second kappa shape index (κ2) is 9.77. The number of thiazole rings is 1. The van der Waals surface area contributed by atoms with Crippen LogP contribution in [0.15, 0.2) is 36.4 Å². The Kier molecular flexibility index (Phi) is 6.85. The summed E-state index contributed by atoms with van der Waals surface area (Å²) in [4.78, 5) is 22.6. The summed E-state index contributed by atoms with van der Waals surface area (Å²) < 4.78 is 12.1. The number of rotatable bonds is 7. The first-order chi connectivity index (χ1) is 15.0. The number of ether oxygens (including phenoxy) is 2. The molecule has 0 spiro atoms. The zero-order valence-corrected chi connectivity index (χ0v) is 19.2. The van der Waals surface area contributed by atoms with E-state index in [9.17, 15) is 4.79 Å². The van der Waals surface area contributed by atoms with Gasteiger partial charge in [-0.3, -0.25) is 14.6 Å². The molecule has 1 aliphatic rings. The Morgan fingerprint density at radius 1 is 1.19 bits per heavy atom. The number of carbonyl (C=O) groups excluding carboxylic acids is 1. The number of anilines is 1. The van der Waals surface area contributed by atoms with Gasteiger partial charge in [-0.1, -0.05) is 29.0 Å². The van der Waals surface area contributed by atoms with Crippen LogP contribution in [0.4, 0.5) is 5.13 Å². The number of hydrogen-bond acceptors (Lipinski definition) is 6. The predicted octanol–water partition coefficient (Wildman–Crippen LogP) is 4.29. The van der Waals surface area contributed by atoms with Gasteiger partial charge in [-0.25, -0.2) is 4.98 Å². The van der Waals surface area contributed by atoms with Crippen molar-refractivity contribution in [2.24, 2.45) is 0 Å². The fourth-order valence-electron chi connectivity index (χ4n) is 3.81. The molecule has 31 heavy (non-hydrogen) atoms. The largest absolute Gasteiger partial charge is 0.494 e. The Hall–Kier alpha value is -2.48. The SMILES string of the molecule is CCOc1ccc2nc(N(CCN3CCOCC3)C(=O)c3ccc(C)cc3C)sc2c1. The zero-order valence-electron chi connectivity index (χ0n) is 18.4. The van der Waals surface area contributed by atoms with Crippen LogP contribution in [0.5, 0.6) is 5.75 Å². The Morgan fingerprint density at radius 3 is 2.74 bits per heavy atom. The summed E-state index contributed by atoms with van der Waals surface area (Å²) >= 11 is 1.53. The lowest BCUT2D eigenvalue weighted by Crippen LogP contribution is -2.43. The molecule has 3 aromatic rings. The summed E-state index contributed by atoms with van der Waals surface area (Å²) in [5.74, 6) is 0.820. The van der Waals surface area contributed by atoms with E-state index in [0.29, 0.717) is 13.2 Å². The Labute approximate surface area is 187 Å². The molecule has 4 rings (SSSR count). The van der Waals surface area contributed by atoms with E-state index in [2.05, 4.69) is 11.0 Å². The summed E-state index contributed by atoms with van der Waals surface area (Å²) in [6, 6.07) is 11.9. The first kappa shape index (κ1) is 21.7. The normalized spacial score (nSPS) is 14.7. The number of aromatic nitrogens is 1. The van der Waals surface area contributed by atoms with E-state index in [4.69, 9.17) is 14.5 Å². The van der Waals surface area contributed by atoms with Crippen molar-refractivity contribution >= 4 is 32.6 Å². The first-order valence-corrected chi connectivity index (χ1v) is 11.6. The van der Waals surface area contributed by atoms with Gasteiger partial charge in [0.15, 0.2) is 5.13 Å². The van der Waals surface area contributed by atoms with Crippen LogP contribution in [0.3, 0.4) is 0 Å². The summed E-state index contributed by atoms with van der Waals surface area (Å²) in [5.41, 5.74) is 3.74. The van der Waals surface area contributed by atoms with Gasteiger partial charge >= 0.3 is 0 Å². The smallest absolute Gasteiger partial charge is 0.260 e. The maximum Gasteiger partial charge on any atom is 0.260 e. The minimum absolute atomic E-state index is 0.00477. The van der Waals surface area contributed by atoms with Crippen molar-refractivity contribution < 1.29 is 14.3 Å². The fraction of sp³-hybridized carbons (Fsp3) is 0.417. The second-order valence-corrected chi connectivity index (χ2v) is 8.80. The third-order valence-corrected chi connectivity index (χ3v) is 6.53. The van der Waals surface area contributed by atoms with Crippen LogP contribution in [-0.2, 0) is 4.74 Å². The van der Waals surface area contributed by atoms with E-state index in [-0.39, 0.29) is 5.91 Å². The molecular weight excluding hydrogens is 410 g/mol. The van der Waals surface area contributed by atoms with Crippen LogP contribution in [0, 0.1) is 13.8 Å². The molecule has 1 aliphatic heterocycles. The Morgan fingerprint density at radius 2 is 2.00 bits per heavy atom. The molecule has 2 aromatic carbocycles. The summed E-state index contributed by atoms with van der Waals surface area (Å²) in [5, 5.41) is 0.724. The lowest BCUT2D eigenvalue weighted by molar-refractivity contribution is 0.0391. The lowest BCUT2D eigenvalue weighted by Gasteiger charge is -2.29. The van der Waals surface area contributed by atoms with Crippen molar-refractivity contribution in [3.05, 3.63) is 53.1 Å². The van der Waals surface area contributed by atoms with Crippen LogP contribution in [0.1, 0.15) is 28.4 Å². The molecule has 0 saturated carbocycles. The molecule has 0 N–H and O–H groups in total. The quantitative estimate of drug-likeness (QED) is 0.550. The minimum atomic E-state index is -0.00477. The van der Waals surface area contributed by atoms with Crippen molar-refractivity contribution in [1.29, 1.82) is 0 Å². The van der Waals surface area contributed by atoms with Gasteiger partial charge in [-0.15, -0.1) is 0 Å². The molecule has 0 radical (unpaired) electrons. The van der Waals surface area contributed by atoms with E-state index in [1.54, 1.807) is 0 Å². The average Bonchev–Trinajstić information content (AvgIpc) is 3.18. The van der Waals surface area contributed by atoms with Crippen molar-refractivity contribution in [1.82, 2.24) is 9.88 Å². The number of morpholine rings is 1. The molecule has 0 aliphatic carbocycles. The highest BCUT2D eigenvalue weighted by Gasteiger charge is 2.24. The topological polar surface area (TPSA) is 54.9 Å². The van der Waals surface area contributed by atoms with Gasteiger partial charge < -0.3 is 9.47 Å². The monoisotopic (exact) mass is 439 g/mol. The summed E-state index contributed by atoms with van der Waals surface area (Å²) in [6.07, 6.45) is 0. The highest BCUT2D eigenvalue weighted by atomic mass is 32.1. The van der Waals surface area contributed by atoms with E-state index in [0.717, 1.165) is 70.6 Å². The van der Waals surface area contributed by atoms with E-state index >= 15 is 0 Å². The van der Waals surface area contributed by atoms with Crippen molar-refractivity contribution in [3.8, 4) is 5.75 Å². The minimum Gasteiger partial charge on any atom is -0.494 e. The van der Waals surface area contributed by atoms with Crippen LogP contribution in [0.2, 0.25) is 0 Å². The third kappa shape index (κ3) is 5.06. The highest BCUT2D eigenvalue weighted by molar-refractivity contribution is 7.22. The van der Waals surface area contributed by atoms with Crippen molar-refractivity contribution in [2.75, 3.05) is 50.9 Å². The Bertz CT molecular complexity index is 1060. The predicted molar refractivity (Wildman–Crippen MR) is 126 cm³/mol. The molecule has 1 saturated heterocycles. The van der Waals surface area contributed by atoms with E-state index in [1.165, 1.54) is 11.3 Å². The molecule has 0 bridgehead atoms. The number of amides is 1. The number of nitrogens with zero attached hydrogens (tertiary/aromatic N) is 3. The number of aryl methyl sites for hydroxylation is 2. The second-order valence-electron chi connectivity index (χ2n) is 7.79. The molecule has 6 nitrogen and oxygen atoms in total. The van der Waals surface area contributed by atoms with Crippen molar-refractivity contribution in [3.63, 3.8) is 0 Å². The van der Waals surface area contributed by atoms with Crippen molar-refractivity contribution in [2.45, 2.75) is 20.8 Å². The number of carbonyl (C=O) groups is 1. The van der Waals surface area contributed by atoms with E-state index < -0.39 is 0 Å². The molecule has 164 valence electrons. The first-order valence-electron chi connectivity index (χ1n) is 10.8. The molecular formula is C24H29N3O3S. The van der Waals surface area contributed by atoms with Crippen LogP contribution < -0.4 is 9.64 Å². The summed E-state index contributed by atoms with van der Waals surface area (Å²) in [7, 11) is 0. The molecule has 1 amide bonds. The molecule has 2 heterocycles. The van der Waals surface area contributed by atoms with Crippen LogP contribution >= 0.6 is 11.3 Å². The van der Waals surface area contributed by atoms with Gasteiger partial charge in [-0.05, 0) is 50.6 Å². The number of fused-ring (bicyclic) bond motifs is 1. The van der Waals surface area contributed by atoms with Crippen LogP contribution in [-0.4, -0.2) is 61.8 Å². The standard InChI is InChI=1S/C24H29N3O3S/c1-4-30-19-6-8-21-22(16-19)31-24(25-21)27(10-9-26-11-13-29-14-12-26)23(28)20-7-5-17(2)15-18(20)3/h5-8,15-16H,4,9-14H2,1-3H3. The van der Waals surface area contributed by atoms with Gasteiger partial charge in [0.2, 0.25) is 0 Å². The number of hydrogen-bond donors (Lipinski definition) is 0. The summed E-state index contributed by atoms with van der Waals surface area (Å²) in [6.45, 7) is 11.3. The maximum atomic E-state index is 13.6. The van der Waals surface area contributed by atoms with Gasteiger partial charge in [0.25, 0.3) is 5.91 Å². The molecule has 1 aromatic heterocycles. The fourth-order valence-corrected chi connectivity index (χ4v) is 4.83. The van der Waals surface area contributed by atoms with Gasteiger partial charge in [-0.2, -0.15) is 0 Å². The van der Waals surface area contributed by atoms with Gasteiger partial charge in [0.05, 0.1) is 30.0 Å². The zero-order chi connectivity index (χ0) is 21.8. The Balaban J connectivity index is 1.65. The maximum absolute atomic E-state index is 13.6. The third-order valence-electron chi connectivity index (χ3n) is 5.49. The van der Waals surface area contributed by atoms with E-state index in [1.807, 2.05) is 56.0 Å². The van der Waals surface area contributed by atoms with Gasteiger partial charge in [0, 0.05) is 31.7 Å². The van der Waals surface area contributed by atoms with Crippen LogP contribution in [0.25, 0.3) is 10.2 Å².